The molecule has 0 saturated heterocycles. The molecule has 1 unspecified atom stereocenters. The minimum atomic E-state index is 0.0882. The highest BCUT2D eigenvalue weighted by Crippen LogP contribution is 2.01. The van der Waals surface area contributed by atoms with Crippen LogP contribution in [0.4, 0.5) is 0 Å². The first kappa shape index (κ1) is 15.4. The fourth-order valence-corrected chi connectivity index (χ4v) is 1.64. The molecule has 16 heavy (non-hydrogen) atoms. The molecule has 1 amide bonds. The first-order valence-electron chi connectivity index (χ1n) is 6.53. The Labute approximate surface area is 101 Å². The summed E-state index contributed by atoms with van der Waals surface area (Å²) in [6, 6.07) is 0.297. The Morgan fingerprint density at radius 2 is 1.75 bits per heavy atom. The summed E-state index contributed by atoms with van der Waals surface area (Å²) in [5.41, 5.74) is 0. The van der Waals surface area contributed by atoms with Crippen LogP contribution < -0.4 is 5.32 Å². The van der Waals surface area contributed by atoms with E-state index in [9.17, 15) is 4.79 Å². The molecular weight excluding hydrogens is 200 g/mol. The maximum absolute atomic E-state index is 11.4. The smallest absolute Gasteiger partial charge is 0.222 e. The molecule has 0 fully saturated rings. The Morgan fingerprint density at radius 1 is 1.19 bits per heavy atom. The van der Waals surface area contributed by atoms with Gasteiger partial charge in [-0.05, 0) is 39.4 Å². The zero-order valence-corrected chi connectivity index (χ0v) is 11.5. The number of rotatable bonds is 8. The zero-order chi connectivity index (χ0) is 12.6. The molecule has 96 valence electrons. The summed E-state index contributed by atoms with van der Waals surface area (Å²) in [4.78, 5) is 13.9. The van der Waals surface area contributed by atoms with Crippen molar-refractivity contribution in [3.05, 3.63) is 0 Å². The Hall–Kier alpha value is -0.570. The average Bonchev–Trinajstić information content (AvgIpc) is 2.24. The van der Waals surface area contributed by atoms with E-state index < -0.39 is 0 Å². The summed E-state index contributed by atoms with van der Waals surface area (Å²) < 4.78 is 0. The van der Waals surface area contributed by atoms with Crippen LogP contribution in [0.2, 0.25) is 0 Å². The van der Waals surface area contributed by atoms with E-state index in [4.69, 9.17) is 0 Å². The van der Waals surface area contributed by atoms with Crippen molar-refractivity contribution in [3.63, 3.8) is 0 Å². The summed E-state index contributed by atoms with van der Waals surface area (Å²) in [5, 5.41) is 3.03. The van der Waals surface area contributed by atoms with Crippen LogP contribution in [-0.2, 0) is 4.79 Å². The summed E-state index contributed by atoms with van der Waals surface area (Å²) >= 11 is 0. The standard InChI is InChI=1S/C13H28N2O/c1-6-15(7-2)10-8-9-12(5)14-13(16)11(3)4/h11-12H,6-10H2,1-5H3,(H,14,16). The molecule has 0 aliphatic heterocycles. The normalized spacial score (nSPS) is 13.2. The van der Waals surface area contributed by atoms with Crippen molar-refractivity contribution < 1.29 is 4.79 Å². The lowest BCUT2D eigenvalue weighted by atomic mass is 10.1. The van der Waals surface area contributed by atoms with Gasteiger partial charge in [-0.1, -0.05) is 27.7 Å². The zero-order valence-electron chi connectivity index (χ0n) is 11.5. The van der Waals surface area contributed by atoms with Gasteiger partial charge in [-0.25, -0.2) is 0 Å². The highest BCUT2D eigenvalue weighted by atomic mass is 16.1. The molecule has 0 aromatic heterocycles. The first-order valence-corrected chi connectivity index (χ1v) is 6.53. The van der Waals surface area contributed by atoms with E-state index >= 15 is 0 Å². The van der Waals surface area contributed by atoms with Crippen LogP contribution in [0.1, 0.15) is 47.5 Å². The van der Waals surface area contributed by atoms with Gasteiger partial charge in [0.1, 0.15) is 0 Å². The summed E-state index contributed by atoms with van der Waals surface area (Å²) in [5.74, 6) is 0.251. The molecule has 0 radical (unpaired) electrons. The van der Waals surface area contributed by atoms with Crippen LogP contribution in [0, 0.1) is 5.92 Å². The van der Waals surface area contributed by atoms with E-state index in [1.54, 1.807) is 0 Å². The van der Waals surface area contributed by atoms with Crippen LogP contribution in [-0.4, -0.2) is 36.5 Å². The van der Waals surface area contributed by atoms with Crippen molar-refractivity contribution in [2.24, 2.45) is 5.92 Å². The fraction of sp³-hybridized carbons (Fsp3) is 0.923. The third-order valence-corrected chi connectivity index (χ3v) is 2.92. The molecular formula is C13H28N2O. The van der Waals surface area contributed by atoms with Crippen molar-refractivity contribution in [1.29, 1.82) is 0 Å². The van der Waals surface area contributed by atoms with Gasteiger partial charge in [-0.3, -0.25) is 4.79 Å². The van der Waals surface area contributed by atoms with Gasteiger partial charge in [0, 0.05) is 12.0 Å². The highest BCUT2D eigenvalue weighted by Gasteiger charge is 2.10. The van der Waals surface area contributed by atoms with E-state index in [-0.39, 0.29) is 11.8 Å². The van der Waals surface area contributed by atoms with Crippen molar-refractivity contribution in [2.75, 3.05) is 19.6 Å². The number of hydrogen-bond acceptors (Lipinski definition) is 2. The minimum absolute atomic E-state index is 0.0882. The second kappa shape index (κ2) is 8.57. The molecule has 3 heteroatoms. The SMILES string of the molecule is CCN(CC)CCCC(C)NC(=O)C(C)C. The predicted octanol–water partition coefficient (Wildman–Crippen LogP) is 2.27. The van der Waals surface area contributed by atoms with E-state index in [1.165, 1.54) is 0 Å². The fourth-order valence-electron chi connectivity index (χ4n) is 1.64. The van der Waals surface area contributed by atoms with Crippen molar-refractivity contribution in [3.8, 4) is 0 Å². The molecule has 0 heterocycles. The van der Waals surface area contributed by atoms with Gasteiger partial charge < -0.3 is 10.2 Å². The number of carbonyl (C=O) groups is 1. The number of hydrogen-bond donors (Lipinski definition) is 1. The number of nitrogens with zero attached hydrogens (tertiary/aromatic N) is 1. The second-order valence-corrected chi connectivity index (χ2v) is 4.73. The molecule has 0 spiro atoms. The van der Waals surface area contributed by atoms with E-state index in [0.29, 0.717) is 6.04 Å². The third-order valence-electron chi connectivity index (χ3n) is 2.92. The van der Waals surface area contributed by atoms with Crippen LogP contribution in [0.3, 0.4) is 0 Å². The van der Waals surface area contributed by atoms with E-state index in [0.717, 1.165) is 32.5 Å². The Kier molecular flexibility index (Phi) is 8.26. The molecule has 0 aliphatic rings. The second-order valence-electron chi connectivity index (χ2n) is 4.73. The highest BCUT2D eigenvalue weighted by molar-refractivity contribution is 5.78. The Bertz CT molecular complexity index is 188. The van der Waals surface area contributed by atoms with Gasteiger partial charge >= 0.3 is 0 Å². The molecule has 1 atom stereocenters. The van der Waals surface area contributed by atoms with Gasteiger partial charge in [-0.15, -0.1) is 0 Å². The summed E-state index contributed by atoms with van der Waals surface area (Å²) in [6.07, 6.45) is 2.22. The minimum Gasteiger partial charge on any atom is -0.353 e. The van der Waals surface area contributed by atoms with Crippen LogP contribution in [0.25, 0.3) is 0 Å². The molecule has 0 aromatic carbocycles. The van der Waals surface area contributed by atoms with E-state index in [1.807, 2.05) is 13.8 Å². The lowest BCUT2D eigenvalue weighted by Crippen LogP contribution is -2.36. The largest absolute Gasteiger partial charge is 0.353 e. The molecule has 0 saturated carbocycles. The number of carbonyl (C=O) groups excluding carboxylic acids is 1. The van der Waals surface area contributed by atoms with Crippen molar-refractivity contribution in [1.82, 2.24) is 10.2 Å². The first-order chi connectivity index (χ1) is 7.51. The van der Waals surface area contributed by atoms with Crippen LogP contribution >= 0.6 is 0 Å². The van der Waals surface area contributed by atoms with Gasteiger partial charge in [-0.2, -0.15) is 0 Å². The lowest BCUT2D eigenvalue weighted by Gasteiger charge is -2.20. The molecule has 3 nitrogen and oxygen atoms in total. The monoisotopic (exact) mass is 228 g/mol. The quantitative estimate of drug-likeness (QED) is 0.691. The van der Waals surface area contributed by atoms with Crippen LogP contribution in [0.15, 0.2) is 0 Å². The van der Waals surface area contributed by atoms with Gasteiger partial charge in [0.25, 0.3) is 0 Å². The van der Waals surface area contributed by atoms with Gasteiger partial charge in [0.2, 0.25) is 5.91 Å². The maximum Gasteiger partial charge on any atom is 0.222 e. The molecule has 0 aliphatic carbocycles. The van der Waals surface area contributed by atoms with Crippen molar-refractivity contribution >= 4 is 5.91 Å². The third kappa shape index (κ3) is 6.83. The Morgan fingerprint density at radius 3 is 2.19 bits per heavy atom. The molecule has 0 bridgehead atoms. The number of amides is 1. The molecule has 0 aromatic rings. The van der Waals surface area contributed by atoms with Gasteiger partial charge in [0.05, 0.1) is 0 Å². The average molecular weight is 228 g/mol. The lowest BCUT2D eigenvalue weighted by molar-refractivity contribution is -0.124. The van der Waals surface area contributed by atoms with E-state index in [2.05, 4.69) is 31.0 Å². The molecule has 1 N–H and O–H groups in total. The topological polar surface area (TPSA) is 32.3 Å². The summed E-state index contributed by atoms with van der Waals surface area (Å²) in [7, 11) is 0. The van der Waals surface area contributed by atoms with Crippen molar-refractivity contribution in [2.45, 2.75) is 53.5 Å². The number of nitrogens with one attached hydrogen (secondary N) is 1. The van der Waals surface area contributed by atoms with Gasteiger partial charge in [0.15, 0.2) is 0 Å². The Balaban J connectivity index is 3.65. The maximum atomic E-state index is 11.4. The molecule has 0 rings (SSSR count). The summed E-state index contributed by atoms with van der Waals surface area (Å²) in [6.45, 7) is 13.7. The van der Waals surface area contributed by atoms with Crippen LogP contribution in [0.5, 0.6) is 0 Å². The predicted molar refractivity (Wildman–Crippen MR) is 69.5 cm³/mol.